The molecule has 1 aliphatic heterocycles. The normalized spacial score (nSPS) is 15.9. The molecule has 0 spiro atoms. The number of carbonyl (C=O) groups is 1. The van der Waals surface area contributed by atoms with Crippen molar-refractivity contribution in [2.24, 2.45) is 0 Å². The lowest BCUT2D eigenvalue weighted by molar-refractivity contribution is -0.127. The van der Waals surface area contributed by atoms with E-state index in [1.807, 2.05) is 60.7 Å². The minimum Gasteiger partial charge on any atom is -0.481 e. The van der Waals surface area contributed by atoms with E-state index in [2.05, 4.69) is 33.4 Å². The van der Waals surface area contributed by atoms with Crippen LogP contribution in [0.15, 0.2) is 97.2 Å². The van der Waals surface area contributed by atoms with Crippen molar-refractivity contribution in [2.75, 3.05) is 13.1 Å². The van der Waals surface area contributed by atoms with Crippen molar-refractivity contribution in [1.29, 1.82) is 0 Å². The van der Waals surface area contributed by atoms with E-state index in [4.69, 9.17) is 4.74 Å². The first-order valence-electron chi connectivity index (χ1n) is 13.1. The summed E-state index contributed by atoms with van der Waals surface area (Å²) in [6, 6.07) is 29.0. The molecule has 0 saturated carbocycles. The zero-order valence-electron chi connectivity index (χ0n) is 21.5. The number of pyridine rings is 1. The molecular formula is C32H32FN3O2. The molecule has 38 heavy (non-hydrogen) atoms. The number of benzene rings is 3. The first kappa shape index (κ1) is 25.6. The minimum absolute atomic E-state index is 0.0504. The van der Waals surface area contributed by atoms with Gasteiger partial charge in [-0.05, 0) is 60.4 Å². The van der Waals surface area contributed by atoms with Gasteiger partial charge in [-0.1, -0.05) is 60.7 Å². The number of nitrogens with zero attached hydrogens (tertiary/aromatic N) is 2. The van der Waals surface area contributed by atoms with Gasteiger partial charge in [0.15, 0.2) is 6.10 Å². The van der Waals surface area contributed by atoms with Crippen LogP contribution in [0.1, 0.15) is 40.9 Å². The highest BCUT2D eigenvalue weighted by Crippen LogP contribution is 2.38. The van der Waals surface area contributed by atoms with Crippen LogP contribution in [-0.4, -0.2) is 35.0 Å². The van der Waals surface area contributed by atoms with Gasteiger partial charge in [0.1, 0.15) is 11.6 Å². The van der Waals surface area contributed by atoms with Crippen molar-refractivity contribution < 1.29 is 13.9 Å². The van der Waals surface area contributed by atoms with Gasteiger partial charge in [0.25, 0.3) is 5.91 Å². The number of fused-ring (bicyclic) bond motifs is 1. The van der Waals surface area contributed by atoms with Crippen LogP contribution >= 0.6 is 0 Å². The summed E-state index contributed by atoms with van der Waals surface area (Å²) in [4.78, 5) is 19.3. The third-order valence-electron chi connectivity index (χ3n) is 6.98. The summed E-state index contributed by atoms with van der Waals surface area (Å²) in [6.45, 7) is 3.57. The van der Waals surface area contributed by atoms with E-state index in [1.54, 1.807) is 19.2 Å². The van der Waals surface area contributed by atoms with Gasteiger partial charge in [0, 0.05) is 43.5 Å². The quantitative estimate of drug-likeness (QED) is 0.324. The first-order chi connectivity index (χ1) is 18.6. The van der Waals surface area contributed by atoms with Crippen LogP contribution in [0.25, 0.3) is 0 Å². The molecule has 0 saturated heterocycles. The van der Waals surface area contributed by atoms with Crippen LogP contribution in [0.2, 0.25) is 0 Å². The Morgan fingerprint density at radius 2 is 1.84 bits per heavy atom. The Kier molecular flexibility index (Phi) is 8.09. The molecule has 0 aliphatic carbocycles. The maximum atomic E-state index is 14.6. The number of amides is 1. The van der Waals surface area contributed by atoms with Gasteiger partial charge in [-0.25, -0.2) is 4.39 Å². The fourth-order valence-corrected chi connectivity index (χ4v) is 5.02. The molecule has 6 heteroatoms. The molecule has 2 heterocycles. The minimum atomic E-state index is -0.648. The highest BCUT2D eigenvalue weighted by Gasteiger charge is 2.30. The Labute approximate surface area is 223 Å². The van der Waals surface area contributed by atoms with Crippen molar-refractivity contribution in [1.82, 2.24) is 15.2 Å². The SMILES string of the molecule is CC(Oc1ccc2c(c1)C(c1ccccc1)N(Cc1ccccc1F)CC2)C(=O)NCCc1ccccn1. The number of halogens is 1. The molecule has 0 bridgehead atoms. The maximum Gasteiger partial charge on any atom is 0.260 e. The largest absolute Gasteiger partial charge is 0.481 e. The maximum absolute atomic E-state index is 14.6. The van der Waals surface area contributed by atoms with E-state index in [-0.39, 0.29) is 17.8 Å². The second kappa shape index (κ2) is 12.0. The smallest absolute Gasteiger partial charge is 0.260 e. The van der Waals surface area contributed by atoms with E-state index in [9.17, 15) is 9.18 Å². The number of rotatable bonds is 9. The summed E-state index contributed by atoms with van der Waals surface area (Å²) in [5.74, 6) is 0.286. The summed E-state index contributed by atoms with van der Waals surface area (Å²) in [5.41, 5.74) is 5.12. The van der Waals surface area contributed by atoms with Crippen molar-refractivity contribution in [3.8, 4) is 5.75 Å². The van der Waals surface area contributed by atoms with Crippen molar-refractivity contribution in [3.05, 3.63) is 131 Å². The molecule has 2 atom stereocenters. The zero-order valence-corrected chi connectivity index (χ0v) is 21.5. The molecular weight excluding hydrogens is 477 g/mol. The number of hydrogen-bond acceptors (Lipinski definition) is 4. The Balaban J connectivity index is 1.33. The van der Waals surface area contributed by atoms with E-state index >= 15 is 0 Å². The lowest BCUT2D eigenvalue weighted by Crippen LogP contribution is -2.38. The zero-order chi connectivity index (χ0) is 26.3. The predicted octanol–water partition coefficient (Wildman–Crippen LogP) is 5.49. The number of aromatic nitrogens is 1. The Morgan fingerprint density at radius 1 is 1.05 bits per heavy atom. The van der Waals surface area contributed by atoms with Crippen LogP contribution in [-0.2, 0) is 24.2 Å². The fourth-order valence-electron chi connectivity index (χ4n) is 5.02. The molecule has 1 aliphatic rings. The first-order valence-corrected chi connectivity index (χ1v) is 13.1. The number of hydrogen-bond donors (Lipinski definition) is 1. The molecule has 0 radical (unpaired) electrons. The summed E-state index contributed by atoms with van der Waals surface area (Å²) < 4.78 is 20.6. The third kappa shape index (κ3) is 6.09. The second-order valence-corrected chi connectivity index (χ2v) is 9.61. The average Bonchev–Trinajstić information content (AvgIpc) is 2.95. The molecule has 1 aromatic heterocycles. The van der Waals surface area contributed by atoms with Crippen LogP contribution in [0.3, 0.4) is 0 Å². The van der Waals surface area contributed by atoms with Gasteiger partial charge in [-0.2, -0.15) is 0 Å². The second-order valence-electron chi connectivity index (χ2n) is 9.61. The fraction of sp³-hybridized carbons (Fsp3) is 0.250. The number of ether oxygens (including phenoxy) is 1. The van der Waals surface area contributed by atoms with Crippen molar-refractivity contribution in [2.45, 2.75) is 38.5 Å². The van der Waals surface area contributed by atoms with E-state index in [1.165, 1.54) is 11.6 Å². The standard InChI is InChI=1S/C32H32FN3O2/c1-23(32(37)35-19-16-27-12-7-8-18-34-27)38-28-15-14-24-17-20-36(22-26-11-5-6-13-30(26)33)31(29(24)21-28)25-9-3-2-4-10-25/h2-15,18,21,23,31H,16-17,19-20,22H2,1H3,(H,35,37). The van der Waals surface area contributed by atoms with E-state index in [0.29, 0.717) is 30.8 Å². The molecule has 3 aromatic carbocycles. The molecule has 5 rings (SSSR count). The molecule has 2 unspecified atom stereocenters. The van der Waals surface area contributed by atoms with Gasteiger partial charge in [-0.3, -0.25) is 14.7 Å². The summed E-state index contributed by atoms with van der Waals surface area (Å²) in [7, 11) is 0. The van der Waals surface area contributed by atoms with Crippen LogP contribution in [0, 0.1) is 5.82 Å². The molecule has 0 fully saturated rings. The third-order valence-corrected chi connectivity index (χ3v) is 6.98. The summed E-state index contributed by atoms with van der Waals surface area (Å²) in [5, 5.41) is 2.94. The molecule has 194 valence electrons. The molecule has 5 nitrogen and oxygen atoms in total. The highest BCUT2D eigenvalue weighted by molar-refractivity contribution is 5.80. The van der Waals surface area contributed by atoms with E-state index < -0.39 is 6.10 Å². The Hall–Kier alpha value is -4.03. The van der Waals surface area contributed by atoms with Gasteiger partial charge >= 0.3 is 0 Å². The number of nitrogens with one attached hydrogen (secondary N) is 1. The average molecular weight is 510 g/mol. The van der Waals surface area contributed by atoms with Gasteiger partial charge in [-0.15, -0.1) is 0 Å². The number of carbonyl (C=O) groups excluding carboxylic acids is 1. The lowest BCUT2D eigenvalue weighted by Gasteiger charge is -2.38. The summed E-state index contributed by atoms with van der Waals surface area (Å²) in [6.07, 6.45) is 2.62. The van der Waals surface area contributed by atoms with Crippen LogP contribution in [0.5, 0.6) is 5.75 Å². The highest BCUT2D eigenvalue weighted by atomic mass is 19.1. The predicted molar refractivity (Wildman–Crippen MR) is 146 cm³/mol. The van der Waals surface area contributed by atoms with Crippen LogP contribution < -0.4 is 10.1 Å². The van der Waals surface area contributed by atoms with Crippen LogP contribution in [0.4, 0.5) is 4.39 Å². The molecule has 1 N–H and O–H groups in total. The topological polar surface area (TPSA) is 54.5 Å². The van der Waals surface area contributed by atoms with Gasteiger partial charge < -0.3 is 10.1 Å². The molecule has 1 amide bonds. The van der Waals surface area contributed by atoms with Gasteiger partial charge in [0.05, 0.1) is 6.04 Å². The van der Waals surface area contributed by atoms with Crippen molar-refractivity contribution >= 4 is 5.91 Å². The van der Waals surface area contributed by atoms with Crippen molar-refractivity contribution in [3.63, 3.8) is 0 Å². The monoisotopic (exact) mass is 509 g/mol. The van der Waals surface area contributed by atoms with Gasteiger partial charge in [0.2, 0.25) is 0 Å². The lowest BCUT2D eigenvalue weighted by atomic mass is 9.87. The molecule has 4 aromatic rings. The Morgan fingerprint density at radius 3 is 2.63 bits per heavy atom. The Bertz CT molecular complexity index is 1360. The summed E-state index contributed by atoms with van der Waals surface area (Å²) >= 11 is 0. The van der Waals surface area contributed by atoms with E-state index in [0.717, 1.165) is 29.8 Å².